The van der Waals surface area contributed by atoms with Crippen LogP contribution in [0.2, 0.25) is 0 Å². The molecule has 2 rings (SSSR count). The van der Waals surface area contributed by atoms with Gasteiger partial charge in [0, 0.05) is 23.7 Å². The van der Waals surface area contributed by atoms with Crippen LogP contribution in [0.5, 0.6) is 0 Å². The molecule has 1 heterocycles. The number of hydrogen-bond donors (Lipinski definition) is 1. The summed E-state index contributed by atoms with van der Waals surface area (Å²) in [6, 6.07) is 8.33. The van der Waals surface area contributed by atoms with Crippen molar-refractivity contribution in [1.29, 1.82) is 0 Å². The molecule has 2 aromatic rings. The SMILES string of the molecule is N[CH]Cc1ccc(-c2nccs2)cc1. The molecule has 0 unspecified atom stereocenters. The normalized spacial score (nSPS) is 10.4. The highest BCUT2D eigenvalue weighted by Gasteiger charge is 1.99. The van der Waals surface area contributed by atoms with Crippen molar-refractivity contribution in [3.05, 3.63) is 48.0 Å². The van der Waals surface area contributed by atoms with Crippen molar-refractivity contribution in [3.8, 4) is 10.6 Å². The lowest BCUT2D eigenvalue weighted by Gasteiger charge is -1.99. The van der Waals surface area contributed by atoms with Gasteiger partial charge < -0.3 is 5.73 Å². The van der Waals surface area contributed by atoms with Gasteiger partial charge in [-0.15, -0.1) is 11.3 Å². The summed E-state index contributed by atoms with van der Waals surface area (Å²) >= 11 is 1.65. The van der Waals surface area contributed by atoms with Gasteiger partial charge in [-0.25, -0.2) is 4.98 Å². The smallest absolute Gasteiger partial charge is 0.123 e. The highest BCUT2D eigenvalue weighted by atomic mass is 32.1. The third kappa shape index (κ3) is 2.00. The molecular weight excluding hydrogens is 192 g/mol. The van der Waals surface area contributed by atoms with Crippen LogP contribution in [-0.4, -0.2) is 4.98 Å². The predicted molar refractivity (Wildman–Crippen MR) is 59.7 cm³/mol. The number of nitrogens with zero attached hydrogens (tertiary/aromatic N) is 1. The Bertz CT molecular complexity index is 378. The molecule has 2 N–H and O–H groups in total. The fourth-order valence-electron chi connectivity index (χ4n) is 1.29. The quantitative estimate of drug-likeness (QED) is 0.832. The maximum absolute atomic E-state index is 5.36. The van der Waals surface area contributed by atoms with Crippen LogP contribution < -0.4 is 5.73 Å². The minimum atomic E-state index is 0.818. The van der Waals surface area contributed by atoms with Gasteiger partial charge in [0.15, 0.2) is 0 Å². The monoisotopic (exact) mass is 203 g/mol. The van der Waals surface area contributed by atoms with Crippen molar-refractivity contribution in [1.82, 2.24) is 4.98 Å². The fourth-order valence-corrected chi connectivity index (χ4v) is 1.93. The van der Waals surface area contributed by atoms with Crippen LogP contribution in [0.15, 0.2) is 35.8 Å². The number of hydrogen-bond acceptors (Lipinski definition) is 3. The Kier molecular flexibility index (Phi) is 2.91. The van der Waals surface area contributed by atoms with Gasteiger partial charge in [-0.1, -0.05) is 24.3 Å². The molecule has 1 radical (unpaired) electrons. The van der Waals surface area contributed by atoms with E-state index in [2.05, 4.69) is 29.2 Å². The lowest BCUT2D eigenvalue weighted by atomic mass is 10.1. The standard InChI is InChI=1S/C11H11N2S/c12-6-5-9-1-3-10(4-2-9)11-13-7-8-14-11/h1-4,6-8H,5,12H2. The topological polar surface area (TPSA) is 38.9 Å². The van der Waals surface area contributed by atoms with Gasteiger partial charge in [0.05, 0.1) is 0 Å². The van der Waals surface area contributed by atoms with Gasteiger partial charge in [-0.2, -0.15) is 0 Å². The molecular formula is C11H11N2S. The van der Waals surface area contributed by atoms with E-state index in [-0.39, 0.29) is 0 Å². The Hall–Kier alpha value is -1.19. The Morgan fingerprint density at radius 3 is 2.64 bits per heavy atom. The largest absolute Gasteiger partial charge is 0.326 e. The van der Waals surface area contributed by atoms with Crippen LogP contribution in [-0.2, 0) is 6.42 Å². The van der Waals surface area contributed by atoms with Crippen molar-refractivity contribution in [2.24, 2.45) is 5.73 Å². The van der Waals surface area contributed by atoms with E-state index in [4.69, 9.17) is 5.73 Å². The number of thiazole rings is 1. The molecule has 0 fully saturated rings. The van der Waals surface area contributed by atoms with E-state index in [9.17, 15) is 0 Å². The van der Waals surface area contributed by atoms with Gasteiger partial charge in [-0.3, -0.25) is 0 Å². The van der Waals surface area contributed by atoms with Crippen molar-refractivity contribution in [2.75, 3.05) is 0 Å². The lowest BCUT2D eigenvalue weighted by molar-refractivity contribution is 1.11. The summed E-state index contributed by atoms with van der Waals surface area (Å²) in [5.74, 6) is 0. The molecule has 71 valence electrons. The molecule has 0 aliphatic carbocycles. The zero-order valence-corrected chi connectivity index (χ0v) is 8.50. The van der Waals surface area contributed by atoms with Gasteiger partial charge in [-0.05, 0) is 12.0 Å². The Morgan fingerprint density at radius 2 is 2.07 bits per heavy atom. The molecule has 0 saturated heterocycles. The van der Waals surface area contributed by atoms with Crippen LogP contribution >= 0.6 is 11.3 Å². The number of rotatable bonds is 3. The van der Waals surface area contributed by atoms with Crippen LogP contribution in [0.4, 0.5) is 0 Å². The van der Waals surface area contributed by atoms with Gasteiger partial charge in [0.2, 0.25) is 0 Å². The van der Waals surface area contributed by atoms with Crippen LogP contribution in [0, 0.1) is 6.54 Å². The third-order valence-electron chi connectivity index (χ3n) is 1.99. The summed E-state index contributed by atoms with van der Waals surface area (Å²) in [5, 5.41) is 3.05. The summed E-state index contributed by atoms with van der Waals surface area (Å²) in [5.41, 5.74) is 7.75. The zero-order chi connectivity index (χ0) is 9.80. The Labute approximate surface area is 87.4 Å². The Balaban J connectivity index is 2.22. The summed E-state index contributed by atoms with van der Waals surface area (Å²) in [7, 11) is 0. The van der Waals surface area contributed by atoms with Crippen molar-refractivity contribution >= 4 is 11.3 Å². The van der Waals surface area contributed by atoms with Crippen molar-refractivity contribution < 1.29 is 0 Å². The molecule has 14 heavy (non-hydrogen) atoms. The second-order valence-electron chi connectivity index (χ2n) is 2.97. The van der Waals surface area contributed by atoms with Gasteiger partial charge >= 0.3 is 0 Å². The minimum absolute atomic E-state index is 0.818. The molecule has 3 heteroatoms. The second kappa shape index (κ2) is 4.35. The number of aromatic nitrogens is 1. The summed E-state index contributed by atoms with van der Waals surface area (Å²) in [6.07, 6.45) is 2.64. The summed E-state index contributed by atoms with van der Waals surface area (Å²) in [4.78, 5) is 4.25. The van der Waals surface area contributed by atoms with Crippen molar-refractivity contribution in [3.63, 3.8) is 0 Å². The number of nitrogens with two attached hydrogens (primary N) is 1. The first-order valence-electron chi connectivity index (χ1n) is 4.42. The van der Waals surface area contributed by atoms with E-state index in [0.29, 0.717) is 0 Å². The fraction of sp³-hybridized carbons (Fsp3) is 0.0909. The van der Waals surface area contributed by atoms with Gasteiger partial charge in [0.1, 0.15) is 5.01 Å². The molecule has 0 bridgehead atoms. The highest BCUT2D eigenvalue weighted by Crippen LogP contribution is 2.21. The zero-order valence-electron chi connectivity index (χ0n) is 7.68. The molecule has 0 saturated carbocycles. The van der Waals surface area contributed by atoms with Crippen LogP contribution in [0.25, 0.3) is 10.6 Å². The van der Waals surface area contributed by atoms with E-state index in [1.807, 2.05) is 11.6 Å². The molecule has 0 atom stereocenters. The van der Waals surface area contributed by atoms with E-state index in [1.54, 1.807) is 17.9 Å². The van der Waals surface area contributed by atoms with Crippen LogP contribution in [0.3, 0.4) is 0 Å². The molecule has 0 amide bonds. The molecule has 0 aliphatic rings. The predicted octanol–water partition coefficient (Wildman–Crippen LogP) is 2.47. The first-order valence-corrected chi connectivity index (χ1v) is 5.30. The maximum Gasteiger partial charge on any atom is 0.123 e. The summed E-state index contributed by atoms with van der Waals surface area (Å²) < 4.78 is 0. The lowest BCUT2D eigenvalue weighted by Crippen LogP contribution is -1.94. The average Bonchev–Trinajstić information content (AvgIpc) is 2.72. The molecule has 0 aliphatic heterocycles. The average molecular weight is 203 g/mol. The highest BCUT2D eigenvalue weighted by molar-refractivity contribution is 7.13. The minimum Gasteiger partial charge on any atom is -0.326 e. The first kappa shape index (κ1) is 9.37. The maximum atomic E-state index is 5.36. The molecule has 1 aromatic carbocycles. The molecule has 0 spiro atoms. The van der Waals surface area contributed by atoms with E-state index < -0.39 is 0 Å². The molecule has 2 nitrogen and oxygen atoms in total. The second-order valence-corrected chi connectivity index (χ2v) is 3.87. The van der Waals surface area contributed by atoms with E-state index >= 15 is 0 Å². The summed E-state index contributed by atoms with van der Waals surface area (Å²) in [6.45, 7) is 1.67. The van der Waals surface area contributed by atoms with E-state index in [1.165, 1.54) is 11.1 Å². The van der Waals surface area contributed by atoms with Gasteiger partial charge in [0.25, 0.3) is 0 Å². The first-order chi connectivity index (χ1) is 6.90. The number of benzene rings is 1. The Morgan fingerprint density at radius 1 is 1.29 bits per heavy atom. The van der Waals surface area contributed by atoms with E-state index in [0.717, 1.165) is 11.4 Å². The molecule has 1 aromatic heterocycles. The van der Waals surface area contributed by atoms with Crippen molar-refractivity contribution in [2.45, 2.75) is 6.42 Å². The third-order valence-corrected chi connectivity index (χ3v) is 2.81. The van der Waals surface area contributed by atoms with Crippen LogP contribution in [0.1, 0.15) is 5.56 Å².